The van der Waals surface area contributed by atoms with Crippen LogP contribution in [-0.4, -0.2) is 56.6 Å². The first-order chi connectivity index (χ1) is 11.2. The normalized spacial score (nSPS) is 16.8. The van der Waals surface area contributed by atoms with E-state index in [0.29, 0.717) is 42.8 Å². The maximum atomic E-state index is 12.2. The molecule has 2 heterocycles. The number of ether oxygens (including phenoxy) is 3. The SMILES string of the molecule is COCC1CN(C(=O)CCC(=O)c2ccc3c(c2)OCCO3)C1. The van der Waals surface area contributed by atoms with Crippen LogP contribution in [0.5, 0.6) is 11.5 Å². The van der Waals surface area contributed by atoms with Crippen molar-refractivity contribution < 1.29 is 23.8 Å². The molecule has 1 saturated heterocycles. The fourth-order valence-corrected chi connectivity index (χ4v) is 2.85. The summed E-state index contributed by atoms with van der Waals surface area (Å²) in [6, 6.07) is 5.16. The van der Waals surface area contributed by atoms with Crippen LogP contribution in [0.4, 0.5) is 0 Å². The molecule has 124 valence electrons. The summed E-state index contributed by atoms with van der Waals surface area (Å²) in [4.78, 5) is 26.1. The van der Waals surface area contributed by atoms with Gasteiger partial charge >= 0.3 is 0 Å². The number of methoxy groups -OCH3 is 1. The average molecular weight is 319 g/mol. The molecule has 23 heavy (non-hydrogen) atoms. The molecule has 1 aromatic carbocycles. The van der Waals surface area contributed by atoms with Crippen molar-refractivity contribution in [2.24, 2.45) is 5.92 Å². The maximum absolute atomic E-state index is 12.2. The van der Waals surface area contributed by atoms with Crippen molar-refractivity contribution in [3.05, 3.63) is 23.8 Å². The highest BCUT2D eigenvalue weighted by molar-refractivity contribution is 5.98. The number of amides is 1. The van der Waals surface area contributed by atoms with Gasteiger partial charge in [0.1, 0.15) is 13.2 Å². The molecular formula is C17H21NO5. The maximum Gasteiger partial charge on any atom is 0.223 e. The second-order valence-corrected chi connectivity index (χ2v) is 5.90. The lowest BCUT2D eigenvalue weighted by Gasteiger charge is -2.38. The number of benzene rings is 1. The van der Waals surface area contributed by atoms with Crippen LogP contribution in [0.2, 0.25) is 0 Å². The van der Waals surface area contributed by atoms with E-state index in [1.165, 1.54) is 0 Å². The molecule has 0 atom stereocenters. The van der Waals surface area contributed by atoms with Gasteiger partial charge < -0.3 is 19.1 Å². The number of hydrogen-bond acceptors (Lipinski definition) is 5. The monoisotopic (exact) mass is 319 g/mol. The van der Waals surface area contributed by atoms with Crippen molar-refractivity contribution in [1.29, 1.82) is 0 Å². The zero-order valence-electron chi connectivity index (χ0n) is 13.2. The number of carbonyl (C=O) groups excluding carboxylic acids is 2. The molecule has 2 aliphatic heterocycles. The van der Waals surface area contributed by atoms with Crippen LogP contribution in [0.15, 0.2) is 18.2 Å². The minimum absolute atomic E-state index is 0.0308. The van der Waals surface area contributed by atoms with Crippen molar-refractivity contribution >= 4 is 11.7 Å². The Kier molecular flexibility index (Phi) is 4.81. The van der Waals surface area contributed by atoms with Crippen molar-refractivity contribution in [2.45, 2.75) is 12.8 Å². The smallest absolute Gasteiger partial charge is 0.223 e. The summed E-state index contributed by atoms with van der Waals surface area (Å²) < 4.78 is 16.0. The average Bonchev–Trinajstić information content (AvgIpc) is 2.54. The van der Waals surface area contributed by atoms with E-state index in [4.69, 9.17) is 14.2 Å². The van der Waals surface area contributed by atoms with Gasteiger partial charge in [-0.05, 0) is 18.2 Å². The zero-order valence-corrected chi connectivity index (χ0v) is 13.2. The Balaban J connectivity index is 1.49. The molecule has 0 aliphatic carbocycles. The van der Waals surface area contributed by atoms with Gasteiger partial charge in [0.2, 0.25) is 5.91 Å². The number of rotatable bonds is 6. The van der Waals surface area contributed by atoms with Crippen LogP contribution in [0.25, 0.3) is 0 Å². The lowest BCUT2D eigenvalue weighted by molar-refractivity contribution is -0.138. The van der Waals surface area contributed by atoms with Gasteiger partial charge in [0.05, 0.1) is 6.61 Å². The molecule has 0 bridgehead atoms. The van der Waals surface area contributed by atoms with E-state index in [0.717, 1.165) is 13.1 Å². The predicted octanol–water partition coefficient (Wildman–Crippen LogP) is 1.53. The third kappa shape index (κ3) is 3.64. The second kappa shape index (κ2) is 7.00. The molecule has 1 fully saturated rings. The first-order valence-electron chi connectivity index (χ1n) is 7.87. The summed E-state index contributed by atoms with van der Waals surface area (Å²) in [7, 11) is 1.66. The summed E-state index contributed by atoms with van der Waals surface area (Å²) in [5.74, 6) is 1.66. The third-order valence-electron chi connectivity index (χ3n) is 4.14. The Bertz CT molecular complexity index is 595. The number of nitrogens with zero attached hydrogens (tertiary/aromatic N) is 1. The van der Waals surface area contributed by atoms with Crippen LogP contribution in [-0.2, 0) is 9.53 Å². The lowest BCUT2D eigenvalue weighted by Crippen LogP contribution is -2.51. The molecule has 0 unspecified atom stereocenters. The van der Waals surface area contributed by atoms with E-state index in [2.05, 4.69) is 0 Å². The highest BCUT2D eigenvalue weighted by atomic mass is 16.6. The Morgan fingerprint density at radius 3 is 2.65 bits per heavy atom. The number of Topliss-reactive ketones (excluding diaryl/α,β-unsaturated/α-hetero) is 1. The summed E-state index contributed by atoms with van der Waals surface area (Å²) in [5, 5.41) is 0. The molecule has 0 spiro atoms. The van der Waals surface area contributed by atoms with Crippen LogP contribution < -0.4 is 9.47 Å². The van der Waals surface area contributed by atoms with Gasteiger partial charge in [-0.15, -0.1) is 0 Å². The van der Waals surface area contributed by atoms with Gasteiger partial charge in [0.15, 0.2) is 17.3 Å². The molecule has 1 aromatic rings. The standard InChI is InChI=1S/C17H21NO5/c1-21-11-12-9-18(10-12)17(20)5-3-14(19)13-2-4-15-16(8-13)23-7-6-22-15/h2,4,8,12H,3,5-7,9-11H2,1H3. The molecule has 3 rings (SSSR count). The quantitative estimate of drug-likeness (QED) is 0.744. The molecule has 6 heteroatoms. The Hall–Kier alpha value is -2.08. The number of carbonyl (C=O) groups is 2. The summed E-state index contributed by atoms with van der Waals surface area (Å²) >= 11 is 0. The van der Waals surface area contributed by atoms with Crippen LogP contribution in [0, 0.1) is 5.92 Å². The van der Waals surface area contributed by atoms with E-state index >= 15 is 0 Å². The highest BCUT2D eigenvalue weighted by Crippen LogP contribution is 2.31. The number of hydrogen-bond donors (Lipinski definition) is 0. The molecule has 1 amide bonds. The van der Waals surface area contributed by atoms with Crippen molar-refractivity contribution in [1.82, 2.24) is 4.90 Å². The van der Waals surface area contributed by atoms with Crippen LogP contribution >= 0.6 is 0 Å². The molecule has 2 aliphatic rings. The first-order valence-corrected chi connectivity index (χ1v) is 7.87. The van der Waals surface area contributed by atoms with Crippen LogP contribution in [0.3, 0.4) is 0 Å². The minimum Gasteiger partial charge on any atom is -0.486 e. The molecular weight excluding hydrogens is 298 g/mol. The zero-order chi connectivity index (χ0) is 16.2. The summed E-state index contributed by atoms with van der Waals surface area (Å²) in [5.41, 5.74) is 0.558. The van der Waals surface area contributed by atoms with Gasteiger partial charge in [-0.3, -0.25) is 9.59 Å². The van der Waals surface area contributed by atoms with Crippen molar-refractivity contribution in [2.75, 3.05) is 40.0 Å². The fraction of sp³-hybridized carbons (Fsp3) is 0.529. The van der Waals surface area contributed by atoms with Gasteiger partial charge in [0.25, 0.3) is 0 Å². The minimum atomic E-state index is -0.0516. The van der Waals surface area contributed by atoms with Gasteiger partial charge in [-0.1, -0.05) is 0 Å². The van der Waals surface area contributed by atoms with Gasteiger partial charge in [-0.2, -0.15) is 0 Å². The molecule has 6 nitrogen and oxygen atoms in total. The second-order valence-electron chi connectivity index (χ2n) is 5.90. The Labute approximate surface area is 135 Å². The summed E-state index contributed by atoms with van der Waals surface area (Å²) in [6.45, 7) is 3.14. The Morgan fingerprint density at radius 1 is 1.17 bits per heavy atom. The molecule has 0 saturated carbocycles. The molecule has 0 N–H and O–H groups in total. The largest absolute Gasteiger partial charge is 0.486 e. The number of ketones is 1. The molecule has 0 radical (unpaired) electrons. The first kappa shape index (κ1) is 15.8. The number of fused-ring (bicyclic) bond motifs is 1. The van der Waals surface area contributed by atoms with Crippen LogP contribution in [0.1, 0.15) is 23.2 Å². The van der Waals surface area contributed by atoms with Gasteiger partial charge in [0, 0.05) is 44.5 Å². The third-order valence-corrected chi connectivity index (χ3v) is 4.14. The fourth-order valence-electron chi connectivity index (χ4n) is 2.85. The highest BCUT2D eigenvalue weighted by Gasteiger charge is 2.30. The van der Waals surface area contributed by atoms with E-state index in [1.54, 1.807) is 30.2 Å². The van der Waals surface area contributed by atoms with E-state index in [1.807, 2.05) is 0 Å². The molecule has 0 aromatic heterocycles. The van der Waals surface area contributed by atoms with E-state index in [9.17, 15) is 9.59 Å². The van der Waals surface area contributed by atoms with E-state index < -0.39 is 0 Å². The van der Waals surface area contributed by atoms with Crippen molar-refractivity contribution in [3.8, 4) is 11.5 Å². The van der Waals surface area contributed by atoms with Crippen molar-refractivity contribution in [3.63, 3.8) is 0 Å². The Morgan fingerprint density at radius 2 is 1.91 bits per heavy atom. The number of likely N-dealkylation sites (tertiary alicyclic amines) is 1. The summed E-state index contributed by atoms with van der Waals surface area (Å²) in [6.07, 6.45) is 0.455. The van der Waals surface area contributed by atoms with E-state index in [-0.39, 0.29) is 24.5 Å². The van der Waals surface area contributed by atoms with Gasteiger partial charge in [-0.25, -0.2) is 0 Å². The lowest BCUT2D eigenvalue weighted by atomic mass is 9.99. The topological polar surface area (TPSA) is 65.1 Å². The predicted molar refractivity (Wildman–Crippen MR) is 82.9 cm³/mol.